The summed E-state index contributed by atoms with van der Waals surface area (Å²) in [5.41, 5.74) is 0.854. The average Bonchev–Trinajstić information content (AvgIpc) is 2.80. The van der Waals surface area contributed by atoms with Gasteiger partial charge in [-0.15, -0.1) is 0 Å². The van der Waals surface area contributed by atoms with Crippen LogP contribution < -0.4 is 10.5 Å². The first-order valence-corrected chi connectivity index (χ1v) is 9.75. The molecule has 2 heterocycles. The summed E-state index contributed by atoms with van der Waals surface area (Å²) in [6.07, 6.45) is 0. The van der Waals surface area contributed by atoms with Gasteiger partial charge in [0.25, 0.3) is 11.5 Å². The number of rotatable bonds is 4. The first kappa shape index (κ1) is 19.6. The number of carbonyl (C=O) groups excluding carboxylic acids is 2. The Morgan fingerprint density at radius 3 is 2.27 bits per heavy atom. The molecule has 1 aliphatic heterocycles. The SMILES string of the molecule is Cn1nc(C(=O)OCC(=O)N2CCN(c3ccccc3)CC2)c2ccccc2c1=O. The van der Waals surface area contributed by atoms with E-state index in [9.17, 15) is 14.4 Å². The van der Waals surface area contributed by atoms with Crippen LogP contribution in [0.2, 0.25) is 0 Å². The number of nitrogens with zero attached hydrogens (tertiary/aromatic N) is 4. The highest BCUT2D eigenvalue weighted by Crippen LogP contribution is 2.16. The van der Waals surface area contributed by atoms with Gasteiger partial charge in [-0.1, -0.05) is 36.4 Å². The summed E-state index contributed by atoms with van der Waals surface area (Å²) in [5.74, 6) is -0.969. The molecule has 2 aromatic carbocycles. The van der Waals surface area contributed by atoms with Crippen molar-refractivity contribution in [1.29, 1.82) is 0 Å². The number of benzene rings is 2. The van der Waals surface area contributed by atoms with E-state index in [2.05, 4.69) is 10.00 Å². The molecule has 0 aliphatic carbocycles. The number of aromatic nitrogens is 2. The summed E-state index contributed by atoms with van der Waals surface area (Å²) in [5, 5.41) is 4.82. The molecule has 4 rings (SSSR count). The van der Waals surface area contributed by atoms with Crippen molar-refractivity contribution in [3.8, 4) is 0 Å². The molecule has 3 aromatic rings. The van der Waals surface area contributed by atoms with Gasteiger partial charge in [0.2, 0.25) is 0 Å². The van der Waals surface area contributed by atoms with E-state index in [0.29, 0.717) is 23.9 Å². The van der Waals surface area contributed by atoms with Crippen molar-refractivity contribution in [2.24, 2.45) is 7.05 Å². The quantitative estimate of drug-likeness (QED) is 0.610. The summed E-state index contributed by atoms with van der Waals surface area (Å²) in [4.78, 5) is 41.2. The van der Waals surface area contributed by atoms with Gasteiger partial charge in [-0.05, 0) is 18.2 Å². The molecular weight excluding hydrogens is 384 g/mol. The number of fused-ring (bicyclic) bond motifs is 1. The fourth-order valence-corrected chi connectivity index (χ4v) is 3.59. The molecule has 1 fully saturated rings. The van der Waals surface area contributed by atoms with Crippen LogP contribution >= 0.6 is 0 Å². The zero-order valence-electron chi connectivity index (χ0n) is 16.7. The fraction of sp³-hybridized carbons (Fsp3) is 0.273. The van der Waals surface area contributed by atoms with Crippen LogP contribution in [0, 0.1) is 0 Å². The van der Waals surface area contributed by atoms with Gasteiger partial charge in [-0.25, -0.2) is 9.48 Å². The molecule has 0 atom stereocenters. The number of esters is 1. The predicted octanol–water partition coefficient (Wildman–Crippen LogP) is 1.44. The standard InChI is InChI=1S/C22H22N4O4/c1-24-21(28)18-10-6-5-9-17(18)20(23-24)22(29)30-15-19(27)26-13-11-25(12-14-26)16-7-3-2-4-8-16/h2-10H,11-15H2,1H3. The van der Waals surface area contributed by atoms with E-state index >= 15 is 0 Å². The zero-order valence-corrected chi connectivity index (χ0v) is 16.7. The molecule has 1 aromatic heterocycles. The fourth-order valence-electron chi connectivity index (χ4n) is 3.59. The van der Waals surface area contributed by atoms with E-state index in [1.807, 2.05) is 30.3 Å². The predicted molar refractivity (Wildman–Crippen MR) is 113 cm³/mol. The van der Waals surface area contributed by atoms with Gasteiger partial charge in [0.05, 0.1) is 5.39 Å². The molecule has 0 spiro atoms. The Kier molecular flexibility index (Phi) is 5.47. The monoisotopic (exact) mass is 406 g/mol. The summed E-state index contributed by atoms with van der Waals surface area (Å²) < 4.78 is 6.34. The molecular formula is C22H22N4O4. The van der Waals surface area contributed by atoms with Crippen molar-refractivity contribution in [3.63, 3.8) is 0 Å². The summed E-state index contributed by atoms with van der Waals surface area (Å²) in [7, 11) is 1.48. The van der Waals surface area contributed by atoms with Crippen LogP contribution in [0.3, 0.4) is 0 Å². The van der Waals surface area contributed by atoms with Gasteiger partial charge in [0.15, 0.2) is 12.3 Å². The van der Waals surface area contributed by atoms with Crippen molar-refractivity contribution in [2.45, 2.75) is 0 Å². The lowest BCUT2D eigenvalue weighted by Crippen LogP contribution is -2.49. The van der Waals surface area contributed by atoms with Crippen LogP contribution in [0.15, 0.2) is 59.4 Å². The maximum absolute atomic E-state index is 12.6. The lowest BCUT2D eigenvalue weighted by Gasteiger charge is -2.36. The lowest BCUT2D eigenvalue weighted by atomic mass is 10.1. The molecule has 1 amide bonds. The van der Waals surface area contributed by atoms with E-state index in [0.717, 1.165) is 23.5 Å². The minimum Gasteiger partial charge on any atom is -0.451 e. The Balaban J connectivity index is 1.38. The minimum absolute atomic E-state index is 0.0226. The van der Waals surface area contributed by atoms with Gasteiger partial charge in [-0.3, -0.25) is 9.59 Å². The summed E-state index contributed by atoms with van der Waals surface area (Å²) in [6.45, 7) is 2.20. The Morgan fingerprint density at radius 2 is 1.57 bits per heavy atom. The highest BCUT2D eigenvalue weighted by Gasteiger charge is 2.23. The summed E-state index contributed by atoms with van der Waals surface area (Å²) in [6, 6.07) is 16.8. The zero-order chi connectivity index (χ0) is 21.1. The Labute approximate surface area is 173 Å². The molecule has 8 nitrogen and oxygen atoms in total. The highest BCUT2D eigenvalue weighted by atomic mass is 16.5. The largest absolute Gasteiger partial charge is 0.451 e. The third-order valence-corrected chi connectivity index (χ3v) is 5.23. The molecule has 0 unspecified atom stereocenters. The number of aryl methyl sites for hydroxylation is 1. The first-order chi connectivity index (χ1) is 14.5. The molecule has 1 saturated heterocycles. The van der Waals surface area contributed by atoms with E-state index in [1.54, 1.807) is 29.2 Å². The second-order valence-electron chi connectivity index (χ2n) is 7.10. The number of hydrogen-bond acceptors (Lipinski definition) is 6. The van der Waals surface area contributed by atoms with Crippen molar-refractivity contribution in [3.05, 3.63) is 70.6 Å². The normalized spacial score (nSPS) is 14.0. The maximum atomic E-state index is 12.6. The van der Waals surface area contributed by atoms with Crippen LogP contribution in [0.1, 0.15) is 10.5 Å². The van der Waals surface area contributed by atoms with Gasteiger partial charge in [0.1, 0.15) is 0 Å². The highest BCUT2D eigenvalue weighted by molar-refractivity contribution is 6.02. The molecule has 0 radical (unpaired) electrons. The van der Waals surface area contributed by atoms with Gasteiger partial charge in [-0.2, -0.15) is 5.10 Å². The average molecular weight is 406 g/mol. The van der Waals surface area contributed by atoms with Crippen LogP contribution in [-0.2, 0) is 16.6 Å². The molecule has 0 N–H and O–H groups in total. The number of hydrogen-bond donors (Lipinski definition) is 0. The van der Waals surface area contributed by atoms with E-state index < -0.39 is 5.97 Å². The Hall–Kier alpha value is -3.68. The molecule has 0 saturated carbocycles. The van der Waals surface area contributed by atoms with Crippen LogP contribution in [-0.4, -0.2) is 59.3 Å². The Morgan fingerprint density at radius 1 is 0.933 bits per heavy atom. The third kappa shape index (κ3) is 3.89. The van der Waals surface area contributed by atoms with Gasteiger partial charge in [0, 0.05) is 44.3 Å². The number of carbonyl (C=O) groups is 2. The minimum atomic E-state index is -0.724. The molecule has 8 heteroatoms. The van der Waals surface area contributed by atoms with Crippen molar-refractivity contribution in [2.75, 3.05) is 37.7 Å². The molecule has 30 heavy (non-hydrogen) atoms. The maximum Gasteiger partial charge on any atom is 0.359 e. The van der Waals surface area contributed by atoms with E-state index in [4.69, 9.17) is 4.74 Å². The second kappa shape index (κ2) is 8.36. The van der Waals surface area contributed by atoms with Crippen LogP contribution in [0.5, 0.6) is 0 Å². The molecule has 1 aliphatic rings. The number of piperazine rings is 1. The van der Waals surface area contributed by atoms with E-state index in [-0.39, 0.29) is 23.8 Å². The van der Waals surface area contributed by atoms with Crippen molar-refractivity contribution < 1.29 is 14.3 Å². The smallest absolute Gasteiger partial charge is 0.359 e. The van der Waals surface area contributed by atoms with Crippen molar-refractivity contribution in [1.82, 2.24) is 14.7 Å². The van der Waals surface area contributed by atoms with Crippen molar-refractivity contribution >= 4 is 28.3 Å². The number of amides is 1. The topological polar surface area (TPSA) is 84.7 Å². The van der Waals surface area contributed by atoms with Gasteiger partial charge < -0.3 is 14.5 Å². The van der Waals surface area contributed by atoms with Crippen LogP contribution in [0.25, 0.3) is 10.8 Å². The number of anilines is 1. The van der Waals surface area contributed by atoms with E-state index in [1.165, 1.54) is 7.05 Å². The van der Waals surface area contributed by atoms with Crippen LogP contribution in [0.4, 0.5) is 5.69 Å². The van der Waals surface area contributed by atoms with Gasteiger partial charge >= 0.3 is 5.97 Å². The Bertz CT molecular complexity index is 1130. The molecule has 154 valence electrons. The number of ether oxygens (including phenoxy) is 1. The molecule has 0 bridgehead atoms. The number of para-hydroxylation sites is 1. The second-order valence-corrected chi connectivity index (χ2v) is 7.10. The lowest BCUT2D eigenvalue weighted by molar-refractivity contribution is -0.134. The summed E-state index contributed by atoms with van der Waals surface area (Å²) >= 11 is 0. The first-order valence-electron chi connectivity index (χ1n) is 9.75. The third-order valence-electron chi connectivity index (χ3n) is 5.23.